The highest BCUT2D eigenvalue weighted by Gasteiger charge is 2.21. The Bertz CT molecular complexity index is 862. The highest BCUT2D eigenvalue weighted by Crippen LogP contribution is 2.31. The number of nitro benzene ring substituents is 1. The van der Waals surface area contributed by atoms with Crippen LogP contribution in [-0.2, 0) is 4.79 Å². The Morgan fingerprint density at radius 3 is 2.56 bits per heavy atom. The van der Waals surface area contributed by atoms with Gasteiger partial charge in [-0.3, -0.25) is 14.9 Å². The summed E-state index contributed by atoms with van der Waals surface area (Å²) >= 11 is 5.83. The molecule has 0 aromatic heterocycles. The third kappa shape index (κ3) is 5.06. The molecule has 8 heteroatoms. The molecule has 1 aliphatic heterocycles. The van der Waals surface area contributed by atoms with E-state index in [9.17, 15) is 14.9 Å². The molecule has 2 aromatic carbocycles. The first-order valence-electron chi connectivity index (χ1n) is 8.52. The van der Waals surface area contributed by atoms with Crippen molar-refractivity contribution in [3.63, 3.8) is 0 Å². The Labute approximate surface area is 161 Å². The number of hydrogen-bond donors (Lipinski definition) is 2. The van der Waals surface area contributed by atoms with E-state index in [-0.39, 0.29) is 11.6 Å². The highest BCUT2D eigenvalue weighted by atomic mass is 35.5. The molecule has 0 aliphatic carbocycles. The van der Waals surface area contributed by atoms with E-state index < -0.39 is 4.92 Å². The van der Waals surface area contributed by atoms with Crippen molar-refractivity contribution >= 4 is 40.6 Å². The van der Waals surface area contributed by atoms with E-state index in [0.29, 0.717) is 29.5 Å². The lowest BCUT2D eigenvalue weighted by Crippen LogP contribution is -2.43. The van der Waals surface area contributed by atoms with Gasteiger partial charge < -0.3 is 15.5 Å². The molecule has 3 rings (SSSR count). The van der Waals surface area contributed by atoms with Gasteiger partial charge in [-0.25, -0.2) is 0 Å². The molecule has 2 aromatic rings. The zero-order valence-electron chi connectivity index (χ0n) is 14.5. The molecule has 0 atom stereocenters. The summed E-state index contributed by atoms with van der Waals surface area (Å²) in [6.07, 6.45) is 3.02. The number of nitrogens with zero attached hydrogens (tertiary/aromatic N) is 2. The fraction of sp³-hybridized carbons (Fsp3) is 0.211. The molecule has 140 valence electrons. The van der Waals surface area contributed by atoms with Gasteiger partial charge in [0.2, 0.25) is 5.91 Å². The molecule has 1 fully saturated rings. The van der Waals surface area contributed by atoms with Gasteiger partial charge in [-0.05, 0) is 35.9 Å². The number of piperazine rings is 1. The standard InChI is InChI=1S/C19H19ClN4O3/c20-15-4-1-14(2-5-15)3-8-19(25)22-16-6-7-17(18(13-16)24(26)27)23-11-9-21-10-12-23/h1-8,13,21H,9-12H2,(H,22,25)/b8-3+. The molecule has 7 nitrogen and oxygen atoms in total. The van der Waals surface area contributed by atoms with E-state index in [0.717, 1.165) is 18.7 Å². The Balaban J connectivity index is 1.72. The van der Waals surface area contributed by atoms with Crippen LogP contribution in [0.15, 0.2) is 48.5 Å². The second kappa shape index (κ2) is 8.66. The van der Waals surface area contributed by atoms with E-state index in [1.165, 1.54) is 12.1 Å². The number of nitrogens with one attached hydrogen (secondary N) is 2. The summed E-state index contributed by atoms with van der Waals surface area (Å²) in [7, 11) is 0. The van der Waals surface area contributed by atoms with Crippen molar-refractivity contribution in [3.8, 4) is 0 Å². The zero-order chi connectivity index (χ0) is 19.2. The van der Waals surface area contributed by atoms with E-state index in [1.807, 2.05) is 4.90 Å². The summed E-state index contributed by atoms with van der Waals surface area (Å²) in [5.74, 6) is -0.367. The van der Waals surface area contributed by atoms with Gasteiger partial charge in [0.25, 0.3) is 5.69 Å². The predicted octanol–water partition coefficient (Wildman–Crippen LogP) is 3.31. The monoisotopic (exact) mass is 386 g/mol. The van der Waals surface area contributed by atoms with Gasteiger partial charge in [0.1, 0.15) is 5.69 Å². The molecule has 0 saturated carbocycles. The van der Waals surface area contributed by atoms with E-state index in [1.54, 1.807) is 42.5 Å². The van der Waals surface area contributed by atoms with Gasteiger partial charge in [0.05, 0.1) is 4.92 Å². The molecule has 0 bridgehead atoms. The molecule has 0 spiro atoms. The van der Waals surface area contributed by atoms with Crippen LogP contribution in [-0.4, -0.2) is 37.0 Å². The molecular formula is C19H19ClN4O3. The fourth-order valence-electron chi connectivity index (χ4n) is 2.85. The topological polar surface area (TPSA) is 87.5 Å². The van der Waals surface area contributed by atoms with Crippen molar-refractivity contribution in [2.45, 2.75) is 0 Å². The Hall–Kier alpha value is -2.90. The number of rotatable bonds is 5. The molecule has 0 radical (unpaired) electrons. The van der Waals surface area contributed by atoms with E-state index in [4.69, 9.17) is 11.6 Å². The Morgan fingerprint density at radius 1 is 1.19 bits per heavy atom. The van der Waals surface area contributed by atoms with Gasteiger partial charge in [-0.1, -0.05) is 23.7 Å². The normalized spacial score (nSPS) is 14.3. The summed E-state index contributed by atoms with van der Waals surface area (Å²) < 4.78 is 0. The fourth-order valence-corrected chi connectivity index (χ4v) is 2.98. The summed E-state index contributed by atoms with van der Waals surface area (Å²) in [5.41, 5.74) is 1.76. The van der Waals surface area contributed by atoms with Gasteiger partial charge in [-0.2, -0.15) is 0 Å². The van der Waals surface area contributed by atoms with Crippen LogP contribution in [0.1, 0.15) is 5.56 Å². The van der Waals surface area contributed by atoms with Crippen LogP contribution >= 0.6 is 11.6 Å². The largest absolute Gasteiger partial charge is 0.363 e. The molecule has 1 heterocycles. The number of nitro groups is 1. The van der Waals surface area contributed by atoms with Crippen molar-refractivity contribution in [1.29, 1.82) is 0 Å². The van der Waals surface area contributed by atoms with Gasteiger partial charge >= 0.3 is 0 Å². The number of benzene rings is 2. The van der Waals surface area contributed by atoms with Crippen LogP contribution in [0.25, 0.3) is 6.08 Å². The summed E-state index contributed by atoms with van der Waals surface area (Å²) in [5, 5.41) is 18.0. The minimum absolute atomic E-state index is 0.0172. The molecule has 1 saturated heterocycles. The van der Waals surface area contributed by atoms with Crippen LogP contribution in [0.4, 0.5) is 17.1 Å². The SMILES string of the molecule is O=C(/C=C/c1ccc(Cl)cc1)Nc1ccc(N2CCNCC2)c([N+](=O)[O-])c1. The van der Waals surface area contributed by atoms with Gasteiger partial charge in [0.15, 0.2) is 0 Å². The van der Waals surface area contributed by atoms with Gasteiger partial charge in [0, 0.05) is 49.0 Å². The molecule has 2 N–H and O–H groups in total. The second-order valence-corrected chi connectivity index (χ2v) is 6.51. The third-order valence-electron chi connectivity index (χ3n) is 4.19. The van der Waals surface area contributed by atoms with Crippen molar-refractivity contribution in [2.75, 3.05) is 36.4 Å². The lowest BCUT2D eigenvalue weighted by atomic mass is 10.2. The van der Waals surface area contributed by atoms with Crippen molar-refractivity contribution in [3.05, 3.63) is 69.2 Å². The quantitative estimate of drug-likeness (QED) is 0.467. The maximum absolute atomic E-state index is 12.1. The number of hydrogen-bond acceptors (Lipinski definition) is 5. The smallest absolute Gasteiger partial charge is 0.294 e. The number of halogens is 1. The van der Waals surface area contributed by atoms with Crippen LogP contribution in [0, 0.1) is 10.1 Å². The molecule has 1 aliphatic rings. The highest BCUT2D eigenvalue weighted by molar-refractivity contribution is 6.30. The lowest BCUT2D eigenvalue weighted by Gasteiger charge is -2.29. The predicted molar refractivity (Wildman–Crippen MR) is 107 cm³/mol. The minimum Gasteiger partial charge on any atom is -0.363 e. The van der Waals surface area contributed by atoms with Gasteiger partial charge in [-0.15, -0.1) is 0 Å². The Morgan fingerprint density at radius 2 is 1.89 bits per heavy atom. The average molecular weight is 387 g/mol. The van der Waals surface area contributed by atoms with Crippen LogP contribution in [0.3, 0.4) is 0 Å². The first kappa shape index (κ1) is 18.9. The first-order valence-corrected chi connectivity index (χ1v) is 8.89. The second-order valence-electron chi connectivity index (χ2n) is 6.07. The minimum atomic E-state index is -0.420. The van der Waals surface area contributed by atoms with Crippen LogP contribution < -0.4 is 15.5 Å². The number of amides is 1. The number of carbonyl (C=O) groups excluding carboxylic acids is 1. The molecular weight excluding hydrogens is 368 g/mol. The van der Waals surface area contributed by atoms with Crippen LogP contribution in [0.5, 0.6) is 0 Å². The first-order chi connectivity index (χ1) is 13.0. The van der Waals surface area contributed by atoms with E-state index in [2.05, 4.69) is 10.6 Å². The zero-order valence-corrected chi connectivity index (χ0v) is 15.3. The maximum Gasteiger partial charge on any atom is 0.294 e. The molecule has 27 heavy (non-hydrogen) atoms. The van der Waals surface area contributed by atoms with Crippen molar-refractivity contribution < 1.29 is 9.72 Å². The van der Waals surface area contributed by atoms with Crippen molar-refractivity contribution in [2.24, 2.45) is 0 Å². The Kier molecular flexibility index (Phi) is 6.05. The summed E-state index contributed by atoms with van der Waals surface area (Å²) in [6.45, 7) is 2.98. The molecule has 1 amide bonds. The third-order valence-corrected chi connectivity index (χ3v) is 4.45. The lowest BCUT2D eigenvalue weighted by molar-refractivity contribution is -0.384. The summed E-state index contributed by atoms with van der Waals surface area (Å²) in [6, 6.07) is 11.8. The maximum atomic E-state index is 12.1. The van der Waals surface area contributed by atoms with Crippen molar-refractivity contribution in [1.82, 2.24) is 5.32 Å². The number of anilines is 2. The van der Waals surface area contributed by atoms with Crippen LogP contribution in [0.2, 0.25) is 5.02 Å². The average Bonchev–Trinajstić information content (AvgIpc) is 2.68. The number of carbonyl (C=O) groups is 1. The summed E-state index contributed by atoms with van der Waals surface area (Å²) in [4.78, 5) is 25.1. The molecule has 0 unspecified atom stereocenters. The van der Waals surface area contributed by atoms with E-state index >= 15 is 0 Å².